The highest BCUT2D eigenvalue weighted by molar-refractivity contribution is 9.10. The molecule has 1 atom stereocenters. The molecule has 142 valence electrons. The highest BCUT2D eigenvalue weighted by atomic mass is 79.9. The van der Waals surface area contributed by atoms with Gasteiger partial charge in [-0.05, 0) is 58.9 Å². The monoisotopic (exact) mass is 436 g/mol. The van der Waals surface area contributed by atoms with Crippen LogP contribution in [0.5, 0.6) is 0 Å². The first-order valence-corrected chi connectivity index (χ1v) is 10.0. The Kier molecular flexibility index (Phi) is 5.58. The molecule has 6 nitrogen and oxygen atoms in total. The minimum absolute atomic E-state index is 0.298. The molecule has 1 aliphatic heterocycles. The van der Waals surface area contributed by atoms with E-state index in [2.05, 4.69) is 82.5 Å². The smallest absolute Gasteiger partial charge is 0.222 e. The van der Waals surface area contributed by atoms with E-state index < -0.39 is 0 Å². The lowest BCUT2D eigenvalue weighted by Gasteiger charge is -2.20. The lowest BCUT2D eigenvalue weighted by Crippen LogP contribution is -2.27. The lowest BCUT2D eigenvalue weighted by molar-refractivity contribution is 0.791. The molecule has 1 fully saturated rings. The second-order valence-corrected chi connectivity index (χ2v) is 7.57. The van der Waals surface area contributed by atoms with E-state index in [0.29, 0.717) is 18.5 Å². The second kappa shape index (κ2) is 8.44. The first kappa shape index (κ1) is 18.5. The number of halogens is 1. The molecule has 0 unspecified atom stereocenters. The Bertz CT molecular complexity index is 1020. The first-order valence-electron chi connectivity index (χ1n) is 9.24. The number of aromatic nitrogens is 3. The quantitative estimate of drug-likeness (QED) is 0.590. The van der Waals surface area contributed by atoms with Crippen molar-refractivity contribution in [1.82, 2.24) is 15.0 Å². The van der Waals surface area contributed by atoms with E-state index >= 15 is 0 Å². The predicted molar refractivity (Wildman–Crippen MR) is 118 cm³/mol. The SMILES string of the molecule is CC#CCNc1ccc2c(N3CC[C@@H](Nc4ncc(Br)cn4)C3)nccc2c1. The van der Waals surface area contributed by atoms with Crippen molar-refractivity contribution in [2.75, 3.05) is 35.2 Å². The average Bonchev–Trinajstić information content (AvgIpc) is 3.17. The third-order valence-corrected chi connectivity index (χ3v) is 5.15. The Hall–Kier alpha value is -2.85. The molecule has 1 aliphatic rings. The van der Waals surface area contributed by atoms with Crippen LogP contribution in [-0.4, -0.2) is 40.6 Å². The molecule has 0 bridgehead atoms. The van der Waals surface area contributed by atoms with Crippen LogP contribution in [0.3, 0.4) is 0 Å². The van der Waals surface area contributed by atoms with E-state index in [-0.39, 0.29) is 0 Å². The van der Waals surface area contributed by atoms with Crippen molar-refractivity contribution in [3.8, 4) is 11.8 Å². The highest BCUT2D eigenvalue weighted by Crippen LogP contribution is 2.29. The Morgan fingerprint density at radius 1 is 1.21 bits per heavy atom. The number of anilines is 3. The maximum atomic E-state index is 4.67. The molecule has 0 aliphatic carbocycles. The first-order chi connectivity index (χ1) is 13.7. The van der Waals surface area contributed by atoms with Gasteiger partial charge in [-0.3, -0.25) is 0 Å². The zero-order valence-electron chi connectivity index (χ0n) is 15.6. The third kappa shape index (κ3) is 4.18. The minimum Gasteiger partial charge on any atom is -0.374 e. The fourth-order valence-electron chi connectivity index (χ4n) is 3.40. The van der Waals surface area contributed by atoms with Crippen LogP contribution in [0.15, 0.2) is 47.3 Å². The van der Waals surface area contributed by atoms with Gasteiger partial charge in [-0.1, -0.05) is 5.92 Å². The number of fused-ring (bicyclic) bond motifs is 1. The zero-order valence-corrected chi connectivity index (χ0v) is 17.2. The van der Waals surface area contributed by atoms with Gasteiger partial charge in [-0.2, -0.15) is 0 Å². The summed E-state index contributed by atoms with van der Waals surface area (Å²) in [5.74, 6) is 7.61. The van der Waals surface area contributed by atoms with Gasteiger partial charge in [-0.15, -0.1) is 5.92 Å². The van der Waals surface area contributed by atoms with Crippen molar-refractivity contribution in [1.29, 1.82) is 0 Å². The summed E-state index contributed by atoms with van der Waals surface area (Å²) in [6.07, 6.45) is 6.41. The number of hydrogen-bond acceptors (Lipinski definition) is 6. The summed E-state index contributed by atoms with van der Waals surface area (Å²) in [4.78, 5) is 15.6. The van der Waals surface area contributed by atoms with Crippen LogP contribution >= 0.6 is 15.9 Å². The summed E-state index contributed by atoms with van der Waals surface area (Å²) in [5.41, 5.74) is 1.07. The van der Waals surface area contributed by atoms with Gasteiger partial charge < -0.3 is 15.5 Å². The number of pyridine rings is 1. The minimum atomic E-state index is 0.298. The Balaban J connectivity index is 1.49. The third-order valence-electron chi connectivity index (χ3n) is 4.74. The number of hydrogen-bond donors (Lipinski definition) is 2. The fraction of sp³-hybridized carbons (Fsp3) is 0.286. The van der Waals surface area contributed by atoms with Gasteiger partial charge in [0.25, 0.3) is 0 Å². The summed E-state index contributed by atoms with van der Waals surface area (Å²) in [7, 11) is 0. The molecule has 0 amide bonds. The molecule has 0 saturated carbocycles. The number of benzene rings is 1. The molecule has 1 aromatic carbocycles. The van der Waals surface area contributed by atoms with E-state index in [1.54, 1.807) is 12.4 Å². The van der Waals surface area contributed by atoms with Gasteiger partial charge in [0.05, 0.1) is 11.0 Å². The molecule has 0 radical (unpaired) electrons. The van der Waals surface area contributed by atoms with E-state index in [0.717, 1.165) is 40.9 Å². The molecule has 1 saturated heterocycles. The van der Waals surface area contributed by atoms with Crippen LogP contribution in [0.4, 0.5) is 17.5 Å². The van der Waals surface area contributed by atoms with Crippen molar-refractivity contribution in [3.05, 3.63) is 47.3 Å². The van der Waals surface area contributed by atoms with Crippen molar-refractivity contribution in [2.24, 2.45) is 0 Å². The van der Waals surface area contributed by atoms with Crippen molar-refractivity contribution < 1.29 is 0 Å². The van der Waals surface area contributed by atoms with Crippen LogP contribution in [0.25, 0.3) is 10.8 Å². The molecule has 2 N–H and O–H groups in total. The van der Waals surface area contributed by atoms with Gasteiger partial charge in [0.2, 0.25) is 5.95 Å². The van der Waals surface area contributed by atoms with Crippen LogP contribution in [-0.2, 0) is 0 Å². The van der Waals surface area contributed by atoms with Crippen LogP contribution in [0.2, 0.25) is 0 Å². The topological polar surface area (TPSA) is 66.0 Å². The highest BCUT2D eigenvalue weighted by Gasteiger charge is 2.25. The molecular weight excluding hydrogens is 416 g/mol. The molecular formula is C21H21BrN6. The normalized spacial score (nSPS) is 15.9. The molecule has 0 spiro atoms. The van der Waals surface area contributed by atoms with Crippen molar-refractivity contribution in [2.45, 2.75) is 19.4 Å². The molecule has 3 heterocycles. The molecule has 3 aromatic rings. The van der Waals surface area contributed by atoms with Crippen LogP contribution in [0, 0.1) is 11.8 Å². The standard InChI is InChI=1S/C21H21BrN6/c1-2-3-8-23-17-4-5-19-15(11-17)6-9-24-20(19)28-10-7-18(14-28)27-21-25-12-16(22)13-26-21/h4-6,9,11-13,18,23H,7-8,10,14H2,1H3,(H,25,26,27)/t18-/m1/s1. The Morgan fingerprint density at radius 3 is 2.89 bits per heavy atom. The van der Waals surface area contributed by atoms with Crippen LogP contribution < -0.4 is 15.5 Å². The molecule has 2 aromatic heterocycles. The molecule has 28 heavy (non-hydrogen) atoms. The van der Waals surface area contributed by atoms with E-state index in [9.17, 15) is 0 Å². The number of rotatable bonds is 5. The van der Waals surface area contributed by atoms with Gasteiger partial charge >= 0.3 is 0 Å². The van der Waals surface area contributed by atoms with E-state index in [1.807, 2.05) is 13.1 Å². The summed E-state index contributed by atoms with van der Waals surface area (Å²) >= 11 is 3.36. The van der Waals surface area contributed by atoms with E-state index in [4.69, 9.17) is 0 Å². The van der Waals surface area contributed by atoms with Crippen molar-refractivity contribution in [3.63, 3.8) is 0 Å². The van der Waals surface area contributed by atoms with Crippen molar-refractivity contribution >= 4 is 44.2 Å². The summed E-state index contributed by atoms with van der Waals surface area (Å²) < 4.78 is 0.877. The predicted octanol–water partition coefficient (Wildman–Crippen LogP) is 3.91. The lowest BCUT2D eigenvalue weighted by atomic mass is 10.1. The second-order valence-electron chi connectivity index (χ2n) is 6.65. The van der Waals surface area contributed by atoms with Crippen LogP contribution in [0.1, 0.15) is 13.3 Å². The number of nitrogens with zero attached hydrogens (tertiary/aromatic N) is 4. The summed E-state index contributed by atoms with van der Waals surface area (Å²) in [5, 5.41) is 9.08. The summed E-state index contributed by atoms with van der Waals surface area (Å²) in [6, 6.07) is 8.73. The maximum absolute atomic E-state index is 4.67. The summed E-state index contributed by atoms with van der Waals surface area (Å²) in [6.45, 7) is 4.32. The Labute approximate surface area is 172 Å². The number of nitrogens with one attached hydrogen (secondary N) is 2. The maximum Gasteiger partial charge on any atom is 0.222 e. The fourth-order valence-corrected chi connectivity index (χ4v) is 3.60. The van der Waals surface area contributed by atoms with Gasteiger partial charge in [0.1, 0.15) is 5.82 Å². The largest absolute Gasteiger partial charge is 0.374 e. The van der Waals surface area contributed by atoms with Gasteiger partial charge in [-0.25, -0.2) is 15.0 Å². The average molecular weight is 437 g/mol. The van der Waals surface area contributed by atoms with Gasteiger partial charge in [0.15, 0.2) is 0 Å². The molecule has 7 heteroatoms. The zero-order chi connectivity index (χ0) is 19.3. The van der Waals surface area contributed by atoms with E-state index in [1.165, 1.54) is 5.39 Å². The molecule has 4 rings (SSSR count). The van der Waals surface area contributed by atoms with Gasteiger partial charge in [0, 0.05) is 48.8 Å². The Morgan fingerprint density at radius 2 is 2.07 bits per heavy atom.